The van der Waals surface area contributed by atoms with E-state index in [1.807, 2.05) is 0 Å². The highest BCUT2D eigenvalue weighted by Gasteiger charge is 2.35. The summed E-state index contributed by atoms with van der Waals surface area (Å²) in [6.07, 6.45) is -10.9. The molecule has 0 rings (SSSR count). The molecule has 0 N–H and O–H groups in total. The molecule has 0 heterocycles. The smallest absolute Gasteiger partial charge is 0.303 e. The summed E-state index contributed by atoms with van der Waals surface area (Å²) in [7, 11) is -4.70. The highest BCUT2D eigenvalue weighted by molar-refractivity contribution is 7.54. The summed E-state index contributed by atoms with van der Waals surface area (Å²) in [6.45, 7) is -4.00. The van der Waals surface area contributed by atoms with E-state index in [0.717, 1.165) is 0 Å². The molecule has 114 valence electrons. The number of rotatable bonds is 8. The fraction of sp³-hybridized carbons (Fsp3) is 0.833. The molecular weight excluding hydrogens is 313 g/mol. The number of hydrogen-bond acceptors (Lipinski definition) is 6. The van der Waals surface area contributed by atoms with Crippen LogP contribution in [-0.4, -0.2) is 38.0 Å². The molecule has 0 bridgehead atoms. The normalized spacial score (nSPS) is 13.6. The van der Waals surface area contributed by atoms with Crippen molar-refractivity contribution >= 4 is 13.9 Å². The summed E-state index contributed by atoms with van der Waals surface area (Å²) in [5, 5.41) is 0. The predicted molar refractivity (Wildman–Crippen MR) is 44.7 cm³/mol. The van der Waals surface area contributed by atoms with Crippen molar-refractivity contribution in [2.75, 3.05) is 19.4 Å². The van der Waals surface area contributed by atoms with Gasteiger partial charge in [0.2, 0.25) is 0 Å². The molecule has 0 spiro atoms. The third kappa shape index (κ3) is 10.9. The van der Waals surface area contributed by atoms with E-state index >= 15 is 0 Å². The average Bonchev–Trinajstić information content (AvgIpc) is 2.13. The summed E-state index contributed by atoms with van der Waals surface area (Å²) in [5.41, 5.74) is 0. The average molecular weight is 320 g/mol. The van der Waals surface area contributed by atoms with Crippen molar-refractivity contribution in [3.05, 3.63) is 0 Å². The van der Waals surface area contributed by atoms with Crippen molar-refractivity contribution in [2.24, 2.45) is 0 Å². The Hall–Kier alpha value is -0.680. The van der Waals surface area contributed by atoms with Crippen LogP contribution in [0.1, 0.15) is 0 Å². The SMILES string of the molecule is O=CCP(=O)(OOCC(F)(F)F)OOCC(F)(F)F. The van der Waals surface area contributed by atoms with Gasteiger partial charge in [0.1, 0.15) is 12.4 Å². The first kappa shape index (κ1) is 18.3. The van der Waals surface area contributed by atoms with Crippen molar-refractivity contribution < 1.29 is 54.8 Å². The van der Waals surface area contributed by atoms with Crippen LogP contribution in [-0.2, 0) is 28.5 Å². The number of carbonyl (C=O) groups excluding carboxylic acids is 1. The first-order valence-electron chi connectivity index (χ1n) is 4.26. The molecule has 0 atom stereocenters. The Balaban J connectivity index is 4.26. The lowest BCUT2D eigenvalue weighted by Crippen LogP contribution is -2.19. The minimum absolute atomic E-state index is 0.116. The Labute approximate surface area is 101 Å². The van der Waals surface area contributed by atoms with Crippen LogP contribution in [0.5, 0.6) is 0 Å². The maximum Gasteiger partial charge on any atom is 0.414 e. The molecular formula is C6H7F6O6P. The minimum atomic E-state index is -4.83. The van der Waals surface area contributed by atoms with E-state index in [0.29, 0.717) is 0 Å². The van der Waals surface area contributed by atoms with Crippen LogP contribution in [0.4, 0.5) is 26.3 Å². The summed E-state index contributed by atoms with van der Waals surface area (Å²) in [4.78, 5) is 17.0. The number of alkyl halides is 6. The van der Waals surface area contributed by atoms with Crippen molar-refractivity contribution in [3.63, 3.8) is 0 Å². The van der Waals surface area contributed by atoms with E-state index in [9.17, 15) is 35.7 Å². The molecule has 0 aromatic rings. The molecule has 6 nitrogen and oxygen atoms in total. The second kappa shape index (κ2) is 7.20. The van der Waals surface area contributed by atoms with Gasteiger partial charge in [-0.2, -0.15) is 26.3 Å². The standard InChI is InChI=1S/C6H7F6O6P/c7-5(8,9)3-15-17-19(14,2-1-13)18-16-4-6(10,11)12/h1H,2-4H2. The van der Waals surface area contributed by atoms with Gasteiger partial charge in [-0.05, 0) is 0 Å². The second-order valence-corrected chi connectivity index (χ2v) is 4.75. The first-order valence-corrected chi connectivity index (χ1v) is 5.99. The molecule has 0 unspecified atom stereocenters. The van der Waals surface area contributed by atoms with Gasteiger partial charge in [0.25, 0.3) is 0 Å². The summed E-state index contributed by atoms with van der Waals surface area (Å²) >= 11 is 0. The fourth-order valence-corrected chi connectivity index (χ4v) is 1.27. The van der Waals surface area contributed by atoms with Gasteiger partial charge in [0.05, 0.1) is 0 Å². The first-order chi connectivity index (χ1) is 8.47. The van der Waals surface area contributed by atoms with Crippen LogP contribution in [0.3, 0.4) is 0 Å². The lowest BCUT2D eigenvalue weighted by molar-refractivity contribution is -0.321. The van der Waals surface area contributed by atoms with E-state index in [1.54, 1.807) is 0 Å². The molecule has 0 aliphatic carbocycles. The molecule has 0 aliphatic heterocycles. The molecule has 0 amide bonds. The predicted octanol–water partition coefficient (Wildman–Crippen LogP) is 2.40. The van der Waals surface area contributed by atoms with Crippen LogP contribution >= 0.6 is 7.60 Å². The zero-order valence-electron chi connectivity index (χ0n) is 8.86. The molecule has 0 aromatic heterocycles. The Morgan fingerprint density at radius 1 is 0.895 bits per heavy atom. The Morgan fingerprint density at radius 3 is 1.53 bits per heavy atom. The number of hydrogen-bond donors (Lipinski definition) is 0. The third-order valence-electron chi connectivity index (χ3n) is 1.08. The topological polar surface area (TPSA) is 71.1 Å². The largest absolute Gasteiger partial charge is 0.414 e. The maximum atomic E-state index is 11.6. The Morgan fingerprint density at radius 2 is 1.26 bits per heavy atom. The van der Waals surface area contributed by atoms with Crippen LogP contribution in [0.2, 0.25) is 0 Å². The van der Waals surface area contributed by atoms with Gasteiger partial charge in [0, 0.05) is 0 Å². The van der Waals surface area contributed by atoms with Gasteiger partial charge >= 0.3 is 19.9 Å². The molecule has 0 aromatic carbocycles. The summed E-state index contributed by atoms with van der Waals surface area (Å²) in [6, 6.07) is 0. The number of halogens is 6. The number of aldehydes is 1. The second-order valence-electron chi connectivity index (χ2n) is 2.86. The van der Waals surface area contributed by atoms with Crippen LogP contribution in [0, 0.1) is 0 Å². The Kier molecular flexibility index (Phi) is 6.94. The van der Waals surface area contributed by atoms with Gasteiger partial charge in [-0.3, -0.25) is 4.57 Å². The van der Waals surface area contributed by atoms with Crippen molar-refractivity contribution in [2.45, 2.75) is 12.4 Å². The molecule has 0 saturated carbocycles. The number of carbonyl (C=O) groups is 1. The van der Waals surface area contributed by atoms with Gasteiger partial charge in [-0.1, -0.05) is 0 Å². The quantitative estimate of drug-likeness (QED) is 0.225. The highest BCUT2D eigenvalue weighted by Crippen LogP contribution is 2.48. The Bertz CT molecular complexity index is 303. The van der Waals surface area contributed by atoms with E-state index in [1.165, 1.54) is 0 Å². The van der Waals surface area contributed by atoms with Crippen LogP contribution in [0.15, 0.2) is 0 Å². The van der Waals surface area contributed by atoms with E-state index in [2.05, 4.69) is 19.1 Å². The molecule has 0 radical (unpaired) electrons. The van der Waals surface area contributed by atoms with E-state index < -0.39 is 39.3 Å². The molecule has 0 saturated heterocycles. The van der Waals surface area contributed by atoms with Gasteiger partial charge in [-0.15, -0.1) is 9.35 Å². The highest BCUT2D eigenvalue weighted by atomic mass is 31.2. The summed E-state index contributed by atoms with van der Waals surface area (Å²) in [5.74, 6) is 0. The zero-order chi connectivity index (χ0) is 15.2. The fourth-order valence-electron chi connectivity index (χ4n) is 0.512. The molecule has 0 aliphatic rings. The molecule has 0 fully saturated rings. The van der Waals surface area contributed by atoms with Crippen molar-refractivity contribution in [1.29, 1.82) is 0 Å². The third-order valence-corrected chi connectivity index (χ3v) is 2.34. The van der Waals surface area contributed by atoms with Crippen LogP contribution in [0.25, 0.3) is 0 Å². The van der Waals surface area contributed by atoms with E-state index in [4.69, 9.17) is 0 Å². The molecule has 13 heteroatoms. The summed E-state index contributed by atoms with van der Waals surface area (Å²) < 4.78 is 88.5. The minimum Gasteiger partial charge on any atom is -0.303 e. The zero-order valence-corrected chi connectivity index (χ0v) is 9.76. The lowest BCUT2D eigenvalue weighted by atomic mass is 10.7. The van der Waals surface area contributed by atoms with Crippen molar-refractivity contribution in [1.82, 2.24) is 0 Å². The van der Waals surface area contributed by atoms with Gasteiger partial charge in [0.15, 0.2) is 13.2 Å². The van der Waals surface area contributed by atoms with E-state index in [-0.39, 0.29) is 6.29 Å². The maximum absolute atomic E-state index is 11.6. The van der Waals surface area contributed by atoms with Gasteiger partial charge < -0.3 is 4.79 Å². The molecule has 19 heavy (non-hydrogen) atoms. The van der Waals surface area contributed by atoms with Gasteiger partial charge in [-0.25, -0.2) is 9.78 Å². The van der Waals surface area contributed by atoms with Crippen molar-refractivity contribution in [3.8, 4) is 0 Å². The monoisotopic (exact) mass is 320 g/mol. The lowest BCUT2D eigenvalue weighted by Gasteiger charge is -2.15. The van der Waals surface area contributed by atoms with Crippen LogP contribution < -0.4 is 0 Å².